The normalized spacial score (nSPS) is 10.4. The molecule has 0 bridgehead atoms. The molecule has 0 saturated carbocycles. The van der Waals surface area contributed by atoms with Crippen LogP contribution >= 0.6 is 11.8 Å². The molecule has 1 heterocycles. The third kappa shape index (κ3) is 3.80. The zero-order valence-corrected chi connectivity index (χ0v) is 11.3. The number of hydrogen-bond acceptors (Lipinski definition) is 5. The van der Waals surface area contributed by atoms with E-state index in [9.17, 15) is 4.79 Å². The Morgan fingerprint density at radius 2 is 2.16 bits per heavy atom. The van der Waals surface area contributed by atoms with Gasteiger partial charge in [0.2, 0.25) is 11.1 Å². The first kappa shape index (κ1) is 13.6. The van der Waals surface area contributed by atoms with Crippen molar-refractivity contribution >= 4 is 17.7 Å². The van der Waals surface area contributed by atoms with Crippen LogP contribution in [0.15, 0.2) is 29.4 Å². The molecule has 1 amide bonds. The van der Waals surface area contributed by atoms with Crippen LogP contribution in [0.5, 0.6) is 0 Å². The molecule has 0 atom stereocenters. The summed E-state index contributed by atoms with van der Waals surface area (Å²) in [5.74, 6) is 6.41. The van der Waals surface area contributed by atoms with Crippen LogP contribution in [0, 0.1) is 6.92 Å². The van der Waals surface area contributed by atoms with E-state index in [0.717, 1.165) is 17.0 Å². The van der Waals surface area contributed by atoms with Crippen LogP contribution in [0.3, 0.4) is 0 Å². The molecule has 6 nitrogen and oxygen atoms in total. The van der Waals surface area contributed by atoms with Crippen molar-refractivity contribution in [1.82, 2.24) is 20.6 Å². The summed E-state index contributed by atoms with van der Waals surface area (Å²) in [6, 6.07) is 7.77. The van der Waals surface area contributed by atoms with Crippen LogP contribution in [0.4, 0.5) is 0 Å². The van der Waals surface area contributed by atoms with E-state index in [1.54, 1.807) is 0 Å². The van der Waals surface area contributed by atoms with Gasteiger partial charge < -0.3 is 0 Å². The summed E-state index contributed by atoms with van der Waals surface area (Å²) in [7, 11) is 0. The van der Waals surface area contributed by atoms with Crippen LogP contribution in [-0.2, 0) is 17.0 Å². The number of carbonyl (C=O) groups is 1. The second-order valence-corrected chi connectivity index (χ2v) is 4.95. The molecular weight excluding hydrogens is 262 g/mol. The number of amides is 1. The largest absolute Gasteiger partial charge is 0.294 e. The fraction of sp³-hybridized carbons (Fsp3) is 0.250. The molecule has 100 valence electrons. The highest BCUT2D eigenvalue weighted by atomic mass is 32.2. The highest BCUT2D eigenvalue weighted by Gasteiger charge is 2.08. The van der Waals surface area contributed by atoms with Crippen LogP contribution in [0.25, 0.3) is 0 Å². The molecule has 19 heavy (non-hydrogen) atoms. The SMILES string of the molecule is Cc1nc(SCc2ccccc2CC(=O)NN)n[nH]1. The fourth-order valence-electron chi connectivity index (χ4n) is 1.62. The topological polar surface area (TPSA) is 96.7 Å². The first-order valence-corrected chi connectivity index (χ1v) is 6.75. The number of carbonyl (C=O) groups excluding carboxylic acids is 1. The Morgan fingerprint density at radius 3 is 2.79 bits per heavy atom. The maximum Gasteiger partial charge on any atom is 0.238 e. The van der Waals surface area contributed by atoms with E-state index in [1.807, 2.05) is 31.2 Å². The number of aromatic amines is 1. The standard InChI is InChI=1S/C12H15N5OS/c1-8-14-12(17-16-8)19-7-10-5-3-2-4-9(10)6-11(18)15-13/h2-5H,6-7,13H2,1H3,(H,15,18)(H,14,16,17). The Balaban J connectivity index is 2.05. The van der Waals surface area contributed by atoms with Crippen molar-refractivity contribution in [3.05, 3.63) is 41.2 Å². The van der Waals surface area contributed by atoms with Gasteiger partial charge in [0, 0.05) is 5.75 Å². The van der Waals surface area contributed by atoms with Crippen LogP contribution in [-0.4, -0.2) is 21.1 Å². The predicted octanol–water partition coefficient (Wildman–Crippen LogP) is 0.938. The Kier molecular flexibility index (Phi) is 4.53. The van der Waals surface area contributed by atoms with E-state index in [0.29, 0.717) is 10.9 Å². The lowest BCUT2D eigenvalue weighted by atomic mass is 10.1. The summed E-state index contributed by atoms with van der Waals surface area (Å²) in [6.07, 6.45) is 0.278. The molecule has 0 spiro atoms. The Hall–Kier alpha value is -1.86. The molecule has 0 unspecified atom stereocenters. The Labute approximate surface area is 115 Å². The summed E-state index contributed by atoms with van der Waals surface area (Å²) < 4.78 is 0. The minimum absolute atomic E-state index is 0.203. The molecule has 2 rings (SSSR count). The predicted molar refractivity (Wildman–Crippen MR) is 73.2 cm³/mol. The van der Waals surface area contributed by atoms with Gasteiger partial charge >= 0.3 is 0 Å². The van der Waals surface area contributed by atoms with Crippen molar-refractivity contribution in [3.8, 4) is 0 Å². The second kappa shape index (κ2) is 6.35. The van der Waals surface area contributed by atoms with E-state index in [2.05, 4.69) is 20.6 Å². The minimum atomic E-state index is -0.203. The third-order valence-corrected chi connectivity index (χ3v) is 3.46. The van der Waals surface area contributed by atoms with E-state index >= 15 is 0 Å². The van der Waals surface area contributed by atoms with Crippen molar-refractivity contribution in [2.45, 2.75) is 24.3 Å². The van der Waals surface area contributed by atoms with Gasteiger partial charge in [0.05, 0.1) is 6.42 Å². The summed E-state index contributed by atoms with van der Waals surface area (Å²) >= 11 is 1.53. The van der Waals surface area contributed by atoms with Gasteiger partial charge in [-0.3, -0.25) is 15.3 Å². The third-order valence-electron chi connectivity index (χ3n) is 2.56. The van der Waals surface area contributed by atoms with Gasteiger partial charge in [0.15, 0.2) is 0 Å². The van der Waals surface area contributed by atoms with Gasteiger partial charge in [-0.25, -0.2) is 10.8 Å². The molecule has 7 heteroatoms. The number of nitrogens with two attached hydrogens (primary N) is 1. The number of hydrogen-bond donors (Lipinski definition) is 3. The summed E-state index contributed by atoms with van der Waals surface area (Å²) in [4.78, 5) is 15.6. The molecule has 2 aromatic rings. The maximum atomic E-state index is 11.3. The number of aryl methyl sites for hydroxylation is 1. The molecule has 0 fully saturated rings. The van der Waals surface area contributed by atoms with Gasteiger partial charge in [-0.2, -0.15) is 0 Å². The van der Waals surface area contributed by atoms with Crippen LogP contribution < -0.4 is 11.3 Å². The molecule has 0 aliphatic rings. The van der Waals surface area contributed by atoms with Gasteiger partial charge in [-0.05, 0) is 18.1 Å². The van der Waals surface area contributed by atoms with Gasteiger partial charge in [-0.15, -0.1) is 5.10 Å². The van der Waals surface area contributed by atoms with E-state index in [1.165, 1.54) is 11.8 Å². The summed E-state index contributed by atoms with van der Waals surface area (Å²) in [5.41, 5.74) is 4.19. The van der Waals surface area contributed by atoms with E-state index in [4.69, 9.17) is 5.84 Å². The monoisotopic (exact) mass is 277 g/mol. The lowest BCUT2D eigenvalue weighted by molar-refractivity contribution is -0.120. The molecule has 0 saturated heterocycles. The molecule has 0 aliphatic heterocycles. The number of nitrogens with zero attached hydrogens (tertiary/aromatic N) is 2. The van der Waals surface area contributed by atoms with Crippen molar-refractivity contribution in [2.75, 3.05) is 0 Å². The van der Waals surface area contributed by atoms with Crippen molar-refractivity contribution in [2.24, 2.45) is 5.84 Å². The van der Waals surface area contributed by atoms with E-state index < -0.39 is 0 Å². The molecular formula is C12H15N5OS. The first-order chi connectivity index (χ1) is 9.19. The average Bonchev–Trinajstić information content (AvgIpc) is 2.83. The lowest BCUT2D eigenvalue weighted by Gasteiger charge is -2.07. The van der Waals surface area contributed by atoms with Crippen molar-refractivity contribution in [3.63, 3.8) is 0 Å². The van der Waals surface area contributed by atoms with Gasteiger partial charge in [-0.1, -0.05) is 36.0 Å². The van der Waals surface area contributed by atoms with Gasteiger partial charge in [0.25, 0.3) is 0 Å². The molecule has 0 aliphatic carbocycles. The molecule has 1 aromatic heterocycles. The summed E-state index contributed by atoms with van der Waals surface area (Å²) in [6.45, 7) is 1.86. The van der Waals surface area contributed by atoms with Crippen LogP contribution in [0.2, 0.25) is 0 Å². The first-order valence-electron chi connectivity index (χ1n) is 5.77. The van der Waals surface area contributed by atoms with E-state index in [-0.39, 0.29) is 12.3 Å². The van der Waals surface area contributed by atoms with Crippen molar-refractivity contribution < 1.29 is 4.79 Å². The Bertz CT molecular complexity index is 569. The number of nitrogens with one attached hydrogen (secondary N) is 2. The number of thioether (sulfide) groups is 1. The van der Waals surface area contributed by atoms with Crippen LogP contribution in [0.1, 0.15) is 17.0 Å². The quantitative estimate of drug-likeness (QED) is 0.327. The number of H-pyrrole nitrogens is 1. The van der Waals surface area contributed by atoms with Crippen molar-refractivity contribution in [1.29, 1.82) is 0 Å². The minimum Gasteiger partial charge on any atom is -0.294 e. The average molecular weight is 277 g/mol. The lowest BCUT2D eigenvalue weighted by Crippen LogP contribution is -2.31. The zero-order chi connectivity index (χ0) is 13.7. The van der Waals surface area contributed by atoms with Gasteiger partial charge in [0.1, 0.15) is 5.82 Å². The Morgan fingerprint density at radius 1 is 1.42 bits per heavy atom. The smallest absolute Gasteiger partial charge is 0.238 e. The highest BCUT2D eigenvalue weighted by Crippen LogP contribution is 2.21. The maximum absolute atomic E-state index is 11.3. The number of aromatic nitrogens is 3. The molecule has 1 aromatic carbocycles. The molecule has 0 radical (unpaired) electrons. The number of rotatable bonds is 5. The summed E-state index contributed by atoms with van der Waals surface area (Å²) in [5, 5.41) is 7.57. The number of benzene rings is 1. The fourth-order valence-corrected chi connectivity index (χ4v) is 2.50. The second-order valence-electron chi connectivity index (χ2n) is 4.01. The number of hydrazine groups is 1. The molecule has 4 N–H and O–H groups in total. The highest BCUT2D eigenvalue weighted by molar-refractivity contribution is 7.98. The zero-order valence-electron chi connectivity index (χ0n) is 10.5.